The van der Waals surface area contributed by atoms with Crippen LogP contribution in [0.1, 0.15) is 31.4 Å². The van der Waals surface area contributed by atoms with E-state index in [4.69, 9.17) is 0 Å². The minimum Gasteiger partial charge on any atom is -0.313 e. The standard InChI is InChI=1S/C13H20F3N3/c1-19-10(7-9-18-19)6-8-17-12-5-3-2-4-11(12)13(14,15)16/h7,9,11-12,17H,2-6,8H2,1H3. The van der Waals surface area contributed by atoms with Crippen LogP contribution in [0.5, 0.6) is 0 Å². The van der Waals surface area contributed by atoms with Crippen molar-refractivity contribution >= 4 is 0 Å². The Kier molecular flexibility index (Phi) is 4.50. The van der Waals surface area contributed by atoms with E-state index in [1.54, 1.807) is 10.9 Å². The molecule has 0 bridgehead atoms. The van der Waals surface area contributed by atoms with Gasteiger partial charge in [-0.2, -0.15) is 18.3 Å². The van der Waals surface area contributed by atoms with Crippen LogP contribution in [0.4, 0.5) is 13.2 Å². The van der Waals surface area contributed by atoms with Gasteiger partial charge in [0.05, 0.1) is 5.92 Å². The minimum absolute atomic E-state index is 0.257. The summed E-state index contributed by atoms with van der Waals surface area (Å²) in [7, 11) is 1.84. The molecule has 2 rings (SSSR count). The summed E-state index contributed by atoms with van der Waals surface area (Å²) < 4.78 is 40.5. The minimum atomic E-state index is -4.08. The number of alkyl halides is 3. The molecule has 1 fully saturated rings. The number of hydrogen-bond acceptors (Lipinski definition) is 2. The lowest BCUT2D eigenvalue weighted by atomic mass is 9.84. The molecule has 6 heteroatoms. The van der Waals surface area contributed by atoms with Crippen molar-refractivity contribution in [2.75, 3.05) is 6.54 Å². The molecule has 108 valence electrons. The van der Waals surface area contributed by atoms with Gasteiger partial charge in [-0.25, -0.2) is 0 Å². The summed E-state index contributed by atoms with van der Waals surface area (Å²) in [5.41, 5.74) is 1.03. The van der Waals surface area contributed by atoms with Crippen LogP contribution < -0.4 is 5.32 Å². The van der Waals surface area contributed by atoms with Crippen LogP contribution >= 0.6 is 0 Å². The number of nitrogens with zero attached hydrogens (tertiary/aromatic N) is 2. The Morgan fingerprint density at radius 3 is 2.74 bits per heavy atom. The summed E-state index contributed by atoms with van der Waals surface area (Å²) in [4.78, 5) is 0. The highest BCUT2D eigenvalue weighted by molar-refractivity contribution is 5.00. The highest BCUT2D eigenvalue weighted by Gasteiger charge is 2.45. The van der Waals surface area contributed by atoms with Crippen molar-refractivity contribution in [2.45, 2.75) is 44.3 Å². The van der Waals surface area contributed by atoms with Gasteiger partial charge in [0, 0.05) is 37.9 Å². The Hall–Kier alpha value is -1.04. The highest BCUT2D eigenvalue weighted by atomic mass is 19.4. The fourth-order valence-electron chi connectivity index (χ4n) is 2.80. The Bertz CT molecular complexity index is 400. The molecule has 2 atom stereocenters. The molecule has 1 N–H and O–H groups in total. The first-order valence-corrected chi connectivity index (χ1v) is 6.75. The number of nitrogens with one attached hydrogen (secondary N) is 1. The lowest BCUT2D eigenvalue weighted by Gasteiger charge is -2.33. The maximum absolute atomic E-state index is 12.9. The summed E-state index contributed by atoms with van der Waals surface area (Å²) in [6.07, 6.45) is 0.777. The fraction of sp³-hybridized carbons (Fsp3) is 0.769. The first-order valence-electron chi connectivity index (χ1n) is 6.75. The summed E-state index contributed by atoms with van der Waals surface area (Å²) >= 11 is 0. The molecule has 3 nitrogen and oxygen atoms in total. The van der Waals surface area contributed by atoms with Gasteiger partial charge in [0.25, 0.3) is 0 Å². The molecule has 1 heterocycles. The van der Waals surface area contributed by atoms with Crippen molar-refractivity contribution in [2.24, 2.45) is 13.0 Å². The van der Waals surface area contributed by atoms with Crippen LogP contribution in [0, 0.1) is 5.92 Å². The zero-order valence-corrected chi connectivity index (χ0v) is 11.1. The maximum Gasteiger partial charge on any atom is 0.393 e. The topological polar surface area (TPSA) is 29.9 Å². The van der Waals surface area contributed by atoms with Gasteiger partial charge in [-0.1, -0.05) is 12.8 Å². The summed E-state index contributed by atoms with van der Waals surface area (Å²) in [6.45, 7) is 0.566. The molecule has 19 heavy (non-hydrogen) atoms. The van der Waals surface area contributed by atoms with Crippen molar-refractivity contribution in [1.29, 1.82) is 0 Å². The van der Waals surface area contributed by atoms with Crippen LogP contribution in [-0.2, 0) is 13.5 Å². The Balaban J connectivity index is 1.85. The van der Waals surface area contributed by atoms with Crippen LogP contribution in [0.3, 0.4) is 0 Å². The van der Waals surface area contributed by atoms with E-state index < -0.39 is 18.1 Å². The molecular weight excluding hydrogens is 255 g/mol. The summed E-state index contributed by atoms with van der Waals surface area (Å²) in [6, 6.07) is 1.46. The van der Waals surface area contributed by atoms with E-state index in [-0.39, 0.29) is 6.42 Å². The van der Waals surface area contributed by atoms with E-state index in [1.165, 1.54) is 0 Å². The number of halogens is 3. The molecular formula is C13H20F3N3. The Labute approximate surface area is 111 Å². The van der Waals surface area contributed by atoms with E-state index in [2.05, 4.69) is 10.4 Å². The maximum atomic E-state index is 12.9. The normalized spacial score (nSPS) is 24.6. The van der Waals surface area contributed by atoms with Gasteiger partial charge in [-0.05, 0) is 18.9 Å². The third-order valence-electron chi connectivity index (χ3n) is 3.90. The van der Waals surface area contributed by atoms with Gasteiger partial charge in [-0.3, -0.25) is 4.68 Å². The van der Waals surface area contributed by atoms with E-state index in [9.17, 15) is 13.2 Å². The third kappa shape index (κ3) is 3.72. The molecule has 1 saturated carbocycles. The molecule has 1 aliphatic carbocycles. The van der Waals surface area contributed by atoms with Crippen molar-refractivity contribution in [3.8, 4) is 0 Å². The third-order valence-corrected chi connectivity index (χ3v) is 3.90. The van der Waals surface area contributed by atoms with Crippen molar-refractivity contribution in [1.82, 2.24) is 15.1 Å². The predicted octanol–water partition coefficient (Wildman–Crippen LogP) is 2.67. The molecule has 0 amide bonds. The van der Waals surface area contributed by atoms with E-state index in [1.807, 2.05) is 13.1 Å². The van der Waals surface area contributed by atoms with Gasteiger partial charge >= 0.3 is 6.18 Å². The Morgan fingerprint density at radius 2 is 2.11 bits per heavy atom. The highest BCUT2D eigenvalue weighted by Crippen LogP contribution is 2.37. The van der Waals surface area contributed by atoms with E-state index in [0.717, 1.165) is 12.1 Å². The van der Waals surface area contributed by atoms with E-state index >= 15 is 0 Å². The number of aryl methyl sites for hydroxylation is 1. The number of aromatic nitrogens is 2. The molecule has 1 aromatic rings. The molecule has 0 radical (unpaired) electrons. The number of hydrogen-bond donors (Lipinski definition) is 1. The first-order chi connectivity index (χ1) is 8.98. The molecule has 1 aromatic heterocycles. The molecule has 0 spiro atoms. The van der Waals surface area contributed by atoms with E-state index in [0.29, 0.717) is 25.8 Å². The molecule has 2 unspecified atom stereocenters. The SMILES string of the molecule is Cn1nccc1CCNC1CCCCC1C(F)(F)F. The lowest BCUT2D eigenvalue weighted by molar-refractivity contribution is -0.188. The van der Waals surface area contributed by atoms with Gasteiger partial charge in [0.1, 0.15) is 0 Å². The quantitative estimate of drug-likeness (QED) is 0.915. The molecule has 1 aliphatic rings. The monoisotopic (exact) mass is 275 g/mol. The average molecular weight is 275 g/mol. The largest absolute Gasteiger partial charge is 0.393 e. The lowest BCUT2D eigenvalue weighted by Crippen LogP contribution is -2.46. The second kappa shape index (κ2) is 5.94. The van der Waals surface area contributed by atoms with Crippen LogP contribution in [-0.4, -0.2) is 28.5 Å². The summed E-state index contributed by atoms with van der Waals surface area (Å²) in [5, 5.41) is 7.13. The van der Waals surface area contributed by atoms with Crippen LogP contribution in [0.15, 0.2) is 12.3 Å². The fourth-order valence-corrected chi connectivity index (χ4v) is 2.80. The molecule has 0 aliphatic heterocycles. The van der Waals surface area contributed by atoms with Gasteiger partial charge in [0.2, 0.25) is 0 Å². The molecule has 0 saturated heterocycles. The van der Waals surface area contributed by atoms with Crippen molar-refractivity contribution < 1.29 is 13.2 Å². The first kappa shape index (κ1) is 14.4. The number of rotatable bonds is 4. The predicted molar refractivity (Wildman–Crippen MR) is 66.7 cm³/mol. The second-order valence-electron chi connectivity index (χ2n) is 5.19. The van der Waals surface area contributed by atoms with Crippen LogP contribution in [0.2, 0.25) is 0 Å². The van der Waals surface area contributed by atoms with Crippen LogP contribution in [0.25, 0.3) is 0 Å². The summed E-state index contributed by atoms with van der Waals surface area (Å²) in [5.74, 6) is -1.19. The van der Waals surface area contributed by atoms with Gasteiger partial charge in [0.15, 0.2) is 0 Å². The molecule has 0 aromatic carbocycles. The van der Waals surface area contributed by atoms with Gasteiger partial charge in [-0.15, -0.1) is 0 Å². The zero-order chi connectivity index (χ0) is 13.9. The smallest absolute Gasteiger partial charge is 0.313 e. The van der Waals surface area contributed by atoms with Crippen molar-refractivity contribution in [3.05, 3.63) is 18.0 Å². The average Bonchev–Trinajstić information content (AvgIpc) is 2.75. The second-order valence-corrected chi connectivity index (χ2v) is 5.19. The Morgan fingerprint density at radius 1 is 1.37 bits per heavy atom. The zero-order valence-electron chi connectivity index (χ0n) is 11.1. The van der Waals surface area contributed by atoms with Gasteiger partial charge < -0.3 is 5.32 Å². The van der Waals surface area contributed by atoms with Crippen molar-refractivity contribution in [3.63, 3.8) is 0 Å².